The summed E-state index contributed by atoms with van der Waals surface area (Å²) in [5.41, 5.74) is 0.276. The zero-order valence-corrected chi connectivity index (χ0v) is 11.8. The van der Waals surface area contributed by atoms with Crippen LogP contribution < -0.4 is 0 Å². The fraction of sp³-hybridized carbons (Fsp3) is 0.125. The average molecular weight is 308 g/mol. The maximum absolute atomic E-state index is 13.8. The maximum atomic E-state index is 13.8. The molecule has 0 radical (unpaired) electrons. The summed E-state index contributed by atoms with van der Waals surface area (Å²) in [5.74, 6) is -1.81. The van der Waals surface area contributed by atoms with Gasteiger partial charge < -0.3 is 5.11 Å². The highest BCUT2D eigenvalue weighted by Gasteiger charge is 2.19. The van der Waals surface area contributed by atoms with Crippen LogP contribution in [0.15, 0.2) is 36.4 Å². The number of thiophene rings is 1. The van der Waals surface area contributed by atoms with E-state index in [-0.39, 0.29) is 16.9 Å². The molecular formula is C16H11F3OS. The van der Waals surface area contributed by atoms with Gasteiger partial charge in [0.25, 0.3) is 0 Å². The highest BCUT2D eigenvalue weighted by atomic mass is 32.1. The first-order valence-corrected chi connectivity index (χ1v) is 7.10. The average Bonchev–Trinajstić information content (AvgIpc) is 2.85. The quantitative estimate of drug-likeness (QED) is 0.727. The van der Waals surface area contributed by atoms with Gasteiger partial charge in [-0.25, -0.2) is 13.2 Å². The zero-order chi connectivity index (χ0) is 15.1. The summed E-state index contributed by atoms with van der Waals surface area (Å²) in [6.45, 7) is 1.51. The summed E-state index contributed by atoms with van der Waals surface area (Å²) in [4.78, 5) is 0.487. The van der Waals surface area contributed by atoms with Gasteiger partial charge in [0, 0.05) is 21.2 Å². The van der Waals surface area contributed by atoms with E-state index < -0.39 is 17.7 Å². The fourth-order valence-corrected chi connectivity index (χ4v) is 3.30. The van der Waals surface area contributed by atoms with E-state index in [0.717, 1.165) is 11.5 Å². The molecule has 0 saturated carbocycles. The molecule has 3 aromatic rings. The lowest BCUT2D eigenvalue weighted by Gasteiger charge is -2.11. The molecule has 1 nitrogen and oxygen atoms in total. The van der Waals surface area contributed by atoms with Gasteiger partial charge in [-0.05, 0) is 42.1 Å². The Kier molecular flexibility index (Phi) is 3.47. The molecule has 1 unspecified atom stereocenters. The lowest BCUT2D eigenvalue weighted by Crippen LogP contribution is -2.02. The number of halogens is 3. The van der Waals surface area contributed by atoms with Crippen LogP contribution in [-0.2, 0) is 0 Å². The van der Waals surface area contributed by atoms with Crippen molar-refractivity contribution in [3.8, 4) is 0 Å². The molecule has 0 fully saturated rings. The number of hydrogen-bond acceptors (Lipinski definition) is 2. The topological polar surface area (TPSA) is 20.2 Å². The number of rotatable bonds is 2. The molecule has 0 saturated heterocycles. The van der Waals surface area contributed by atoms with Crippen LogP contribution in [0.5, 0.6) is 0 Å². The smallest absolute Gasteiger partial charge is 0.132 e. The molecule has 0 aliphatic carbocycles. The lowest BCUT2D eigenvalue weighted by molar-refractivity contribution is 0.218. The van der Waals surface area contributed by atoms with E-state index >= 15 is 0 Å². The number of benzene rings is 2. The van der Waals surface area contributed by atoms with Gasteiger partial charge in [0.2, 0.25) is 0 Å². The molecule has 0 bridgehead atoms. The summed E-state index contributed by atoms with van der Waals surface area (Å²) in [6, 6.07) is 8.03. The molecule has 1 atom stereocenters. The number of aliphatic hydroxyl groups excluding tert-OH is 1. The van der Waals surface area contributed by atoms with Crippen molar-refractivity contribution in [2.75, 3.05) is 0 Å². The molecule has 21 heavy (non-hydrogen) atoms. The summed E-state index contributed by atoms with van der Waals surface area (Å²) >= 11 is 1.18. The standard InChI is InChI=1S/C16H11F3OS/c1-8-4-11(13(19)7-12(8)18)16(20)15-5-9-2-3-10(17)6-14(9)21-15/h2-7,16,20H,1H3. The van der Waals surface area contributed by atoms with E-state index in [1.807, 2.05) is 0 Å². The van der Waals surface area contributed by atoms with E-state index in [0.29, 0.717) is 9.58 Å². The maximum Gasteiger partial charge on any atom is 0.132 e. The molecule has 5 heteroatoms. The van der Waals surface area contributed by atoms with E-state index in [1.54, 1.807) is 12.1 Å². The van der Waals surface area contributed by atoms with Crippen molar-refractivity contribution in [1.82, 2.24) is 0 Å². The molecular weight excluding hydrogens is 297 g/mol. The normalized spacial score (nSPS) is 12.8. The van der Waals surface area contributed by atoms with Crippen LogP contribution in [0.3, 0.4) is 0 Å². The lowest BCUT2D eigenvalue weighted by atomic mass is 10.0. The molecule has 0 aliphatic heterocycles. The Labute approximate surface area is 123 Å². The molecule has 2 aromatic carbocycles. The number of fused-ring (bicyclic) bond motifs is 1. The summed E-state index contributed by atoms with van der Waals surface area (Å²) in [7, 11) is 0. The van der Waals surface area contributed by atoms with Gasteiger partial charge in [0.05, 0.1) is 0 Å². The van der Waals surface area contributed by atoms with Crippen molar-refractivity contribution >= 4 is 21.4 Å². The first kappa shape index (κ1) is 14.1. The van der Waals surface area contributed by atoms with E-state index in [9.17, 15) is 18.3 Å². The van der Waals surface area contributed by atoms with E-state index in [4.69, 9.17) is 0 Å². The minimum atomic E-state index is -1.20. The molecule has 1 N–H and O–H groups in total. The first-order chi connectivity index (χ1) is 9.95. The Hall–Kier alpha value is -1.85. The van der Waals surface area contributed by atoms with Crippen molar-refractivity contribution < 1.29 is 18.3 Å². The summed E-state index contributed by atoms with van der Waals surface area (Å²) < 4.78 is 41.0. The molecule has 0 spiro atoms. The molecule has 1 aromatic heterocycles. The molecule has 0 aliphatic rings. The Bertz CT molecular complexity index is 826. The van der Waals surface area contributed by atoms with Gasteiger partial charge in [0.15, 0.2) is 0 Å². The van der Waals surface area contributed by atoms with E-state index in [2.05, 4.69) is 0 Å². The van der Waals surface area contributed by atoms with Crippen molar-refractivity contribution in [2.45, 2.75) is 13.0 Å². The third-order valence-corrected chi connectivity index (χ3v) is 4.49. The van der Waals surface area contributed by atoms with Crippen molar-refractivity contribution in [2.24, 2.45) is 0 Å². The van der Waals surface area contributed by atoms with Crippen LogP contribution in [0.2, 0.25) is 0 Å². The van der Waals surface area contributed by atoms with Crippen LogP contribution in [0, 0.1) is 24.4 Å². The van der Waals surface area contributed by atoms with Gasteiger partial charge in [-0.15, -0.1) is 11.3 Å². The van der Waals surface area contributed by atoms with Gasteiger partial charge in [0.1, 0.15) is 23.6 Å². The Morgan fingerprint density at radius 1 is 1.00 bits per heavy atom. The second-order valence-electron chi connectivity index (χ2n) is 4.86. The highest BCUT2D eigenvalue weighted by Crippen LogP contribution is 2.34. The van der Waals surface area contributed by atoms with Gasteiger partial charge in [-0.2, -0.15) is 0 Å². The van der Waals surface area contributed by atoms with Crippen molar-refractivity contribution in [1.29, 1.82) is 0 Å². The molecule has 0 amide bonds. The second-order valence-corrected chi connectivity index (χ2v) is 5.97. The SMILES string of the molecule is Cc1cc(C(O)c2cc3ccc(F)cc3s2)c(F)cc1F. The van der Waals surface area contributed by atoms with Gasteiger partial charge >= 0.3 is 0 Å². The summed E-state index contributed by atoms with van der Waals surface area (Å²) in [6.07, 6.45) is -1.20. The molecule has 3 rings (SSSR count). The summed E-state index contributed by atoms with van der Waals surface area (Å²) in [5, 5.41) is 11.1. The van der Waals surface area contributed by atoms with Crippen LogP contribution in [0.1, 0.15) is 22.1 Å². The van der Waals surface area contributed by atoms with Gasteiger partial charge in [-0.1, -0.05) is 6.07 Å². The Morgan fingerprint density at radius 2 is 1.76 bits per heavy atom. The predicted molar refractivity (Wildman–Crippen MR) is 76.9 cm³/mol. The van der Waals surface area contributed by atoms with Gasteiger partial charge in [-0.3, -0.25) is 0 Å². The molecule has 108 valence electrons. The Morgan fingerprint density at radius 3 is 2.52 bits per heavy atom. The second kappa shape index (κ2) is 5.16. The largest absolute Gasteiger partial charge is 0.383 e. The highest BCUT2D eigenvalue weighted by molar-refractivity contribution is 7.19. The van der Waals surface area contributed by atoms with E-state index in [1.165, 1.54) is 36.5 Å². The number of aliphatic hydroxyl groups is 1. The van der Waals surface area contributed by atoms with Crippen LogP contribution in [0.4, 0.5) is 13.2 Å². The minimum Gasteiger partial charge on any atom is -0.383 e. The predicted octanol–water partition coefficient (Wildman–Crippen LogP) is 4.71. The molecule has 1 heterocycles. The Balaban J connectivity index is 2.07. The van der Waals surface area contributed by atoms with Crippen LogP contribution in [0.25, 0.3) is 10.1 Å². The third kappa shape index (κ3) is 2.54. The third-order valence-electron chi connectivity index (χ3n) is 3.34. The van der Waals surface area contributed by atoms with Crippen LogP contribution >= 0.6 is 11.3 Å². The van der Waals surface area contributed by atoms with Crippen LogP contribution in [-0.4, -0.2) is 5.11 Å². The minimum absolute atomic E-state index is 0.0147. The fourth-order valence-electron chi connectivity index (χ4n) is 2.20. The number of aryl methyl sites for hydroxylation is 1. The van der Waals surface area contributed by atoms with Crippen molar-refractivity contribution in [3.63, 3.8) is 0 Å². The number of hydrogen-bond donors (Lipinski definition) is 1. The monoisotopic (exact) mass is 308 g/mol. The van der Waals surface area contributed by atoms with Crippen molar-refractivity contribution in [3.05, 3.63) is 69.9 Å². The first-order valence-electron chi connectivity index (χ1n) is 6.28. The zero-order valence-electron chi connectivity index (χ0n) is 11.0.